The third-order valence-corrected chi connectivity index (χ3v) is 6.45. The molecule has 0 aliphatic heterocycles. The highest BCUT2D eigenvalue weighted by Gasteiger charge is 2.18. The summed E-state index contributed by atoms with van der Waals surface area (Å²) in [6.45, 7) is 4.87. The number of nitrogens with zero attached hydrogens (tertiary/aromatic N) is 1. The fourth-order valence-corrected chi connectivity index (χ4v) is 4.28. The molecular weight excluding hydrogens is 420 g/mol. The van der Waals surface area contributed by atoms with Crippen molar-refractivity contribution in [1.82, 2.24) is 5.32 Å². The normalized spacial score (nSPS) is 11.2. The molecule has 1 N–H and O–H groups in total. The number of nitrogens with one attached hydrogen (secondary N) is 1. The van der Waals surface area contributed by atoms with Crippen LogP contribution in [0.3, 0.4) is 0 Å². The zero-order valence-electron chi connectivity index (χ0n) is 18.8. The summed E-state index contributed by atoms with van der Waals surface area (Å²) in [7, 11) is -3.47. The fourth-order valence-electron chi connectivity index (χ4n) is 3.39. The van der Waals surface area contributed by atoms with Gasteiger partial charge in [0.15, 0.2) is 0 Å². The molecule has 32 heavy (non-hydrogen) atoms. The van der Waals surface area contributed by atoms with E-state index in [2.05, 4.69) is 36.5 Å². The number of hydrogen-bond acceptors (Lipinski definition) is 3. The second kappa shape index (κ2) is 10.5. The second-order valence-corrected chi connectivity index (χ2v) is 10.1. The van der Waals surface area contributed by atoms with Gasteiger partial charge in [0.2, 0.25) is 10.0 Å². The number of anilines is 1. The van der Waals surface area contributed by atoms with Crippen LogP contribution in [0.4, 0.5) is 5.69 Å². The highest BCUT2D eigenvalue weighted by atomic mass is 32.2. The van der Waals surface area contributed by atoms with E-state index in [9.17, 15) is 13.2 Å². The number of rotatable bonds is 9. The summed E-state index contributed by atoms with van der Waals surface area (Å²) in [6, 6.07) is 22.9. The lowest BCUT2D eigenvalue weighted by molar-refractivity contribution is 0.0953. The lowest BCUT2D eigenvalue weighted by Crippen LogP contribution is -2.29. The minimum atomic E-state index is -3.47. The van der Waals surface area contributed by atoms with Gasteiger partial charge in [-0.05, 0) is 62.1 Å². The number of carbonyl (C=O) groups is 1. The molecule has 0 aromatic heterocycles. The van der Waals surface area contributed by atoms with Crippen molar-refractivity contribution >= 4 is 21.6 Å². The topological polar surface area (TPSA) is 66.5 Å². The molecule has 0 saturated heterocycles. The van der Waals surface area contributed by atoms with E-state index in [0.717, 1.165) is 24.0 Å². The highest BCUT2D eigenvalue weighted by molar-refractivity contribution is 7.92. The third-order valence-electron chi connectivity index (χ3n) is 5.31. The SMILES string of the molecule is Cc1ccc(CCCNC(=O)c2ccc(N(Cc3ccc(C)cc3)S(C)(=O)=O)cc2)cc1. The van der Waals surface area contributed by atoms with Gasteiger partial charge in [-0.1, -0.05) is 59.7 Å². The van der Waals surface area contributed by atoms with Crippen LogP contribution < -0.4 is 9.62 Å². The first kappa shape index (κ1) is 23.5. The molecule has 0 radical (unpaired) electrons. The first-order valence-corrected chi connectivity index (χ1v) is 12.5. The first-order valence-electron chi connectivity index (χ1n) is 10.7. The van der Waals surface area contributed by atoms with Crippen LogP contribution in [0.15, 0.2) is 72.8 Å². The Labute approximate surface area is 191 Å². The summed E-state index contributed by atoms with van der Waals surface area (Å²) in [5, 5.41) is 2.93. The minimum Gasteiger partial charge on any atom is -0.352 e. The van der Waals surface area contributed by atoms with E-state index < -0.39 is 10.0 Å². The zero-order valence-corrected chi connectivity index (χ0v) is 19.7. The molecular formula is C26H30N2O3S. The van der Waals surface area contributed by atoms with E-state index in [1.165, 1.54) is 21.7 Å². The molecule has 0 atom stereocenters. The Balaban J connectivity index is 1.59. The van der Waals surface area contributed by atoms with Crippen LogP contribution in [0, 0.1) is 13.8 Å². The van der Waals surface area contributed by atoms with Crippen molar-refractivity contribution in [3.05, 3.63) is 101 Å². The van der Waals surface area contributed by atoms with Crippen molar-refractivity contribution in [2.45, 2.75) is 33.2 Å². The molecule has 0 saturated carbocycles. The quantitative estimate of drug-likeness (QED) is 0.483. The fraction of sp³-hybridized carbons (Fsp3) is 0.269. The van der Waals surface area contributed by atoms with Gasteiger partial charge in [0.05, 0.1) is 18.5 Å². The molecule has 3 aromatic rings. The molecule has 0 fully saturated rings. The van der Waals surface area contributed by atoms with Gasteiger partial charge < -0.3 is 5.32 Å². The number of carbonyl (C=O) groups excluding carboxylic acids is 1. The van der Waals surface area contributed by atoms with Gasteiger partial charge in [-0.25, -0.2) is 8.42 Å². The summed E-state index contributed by atoms with van der Waals surface area (Å²) >= 11 is 0. The molecule has 0 aliphatic rings. The number of aryl methyl sites for hydroxylation is 3. The molecule has 0 unspecified atom stereocenters. The van der Waals surface area contributed by atoms with Crippen molar-refractivity contribution in [3.63, 3.8) is 0 Å². The maximum atomic E-state index is 12.5. The molecule has 0 heterocycles. The minimum absolute atomic E-state index is 0.162. The Kier molecular flexibility index (Phi) is 7.70. The number of amides is 1. The van der Waals surface area contributed by atoms with E-state index in [1.807, 2.05) is 31.2 Å². The molecule has 1 amide bonds. The van der Waals surface area contributed by atoms with E-state index in [1.54, 1.807) is 24.3 Å². The van der Waals surface area contributed by atoms with Gasteiger partial charge in [0.1, 0.15) is 0 Å². The molecule has 6 heteroatoms. The molecule has 0 bridgehead atoms. The smallest absolute Gasteiger partial charge is 0.251 e. The van der Waals surface area contributed by atoms with Gasteiger partial charge >= 0.3 is 0 Å². The van der Waals surface area contributed by atoms with Crippen molar-refractivity contribution in [1.29, 1.82) is 0 Å². The third kappa shape index (κ3) is 6.69. The number of sulfonamides is 1. The predicted octanol–water partition coefficient (Wildman–Crippen LogP) is 4.63. The molecule has 3 aromatic carbocycles. The monoisotopic (exact) mass is 450 g/mol. The van der Waals surface area contributed by atoms with Gasteiger partial charge in [-0.15, -0.1) is 0 Å². The Morgan fingerprint density at radius 1 is 0.812 bits per heavy atom. The van der Waals surface area contributed by atoms with E-state index >= 15 is 0 Å². The zero-order chi connectivity index (χ0) is 23.1. The Bertz CT molecular complexity index is 1140. The van der Waals surface area contributed by atoms with Crippen LogP contribution >= 0.6 is 0 Å². The Hall–Kier alpha value is -3.12. The highest BCUT2D eigenvalue weighted by Crippen LogP contribution is 2.21. The average Bonchev–Trinajstić information content (AvgIpc) is 2.77. The van der Waals surface area contributed by atoms with Crippen molar-refractivity contribution in [2.75, 3.05) is 17.1 Å². The number of hydrogen-bond donors (Lipinski definition) is 1. The van der Waals surface area contributed by atoms with Crippen LogP contribution in [0.1, 0.15) is 39.0 Å². The standard InChI is InChI=1S/C26H30N2O3S/c1-20-6-10-22(11-7-20)5-4-18-27-26(29)24-14-16-25(17-15-24)28(32(3,30)31)19-23-12-8-21(2)9-13-23/h6-17H,4-5,18-19H2,1-3H3,(H,27,29). The summed E-state index contributed by atoms with van der Waals surface area (Å²) in [6.07, 6.45) is 2.95. The van der Waals surface area contributed by atoms with Gasteiger partial charge in [0, 0.05) is 12.1 Å². The summed E-state index contributed by atoms with van der Waals surface area (Å²) < 4.78 is 26.1. The van der Waals surface area contributed by atoms with Crippen molar-refractivity contribution in [3.8, 4) is 0 Å². The number of benzene rings is 3. The summed E-state index contributed by atoms with van der Waals surface area (Å²) in [5.41, 5.74) is 5.55. The molecule has 0 spiro atoms. The van der Waals surface area contributed by atoms with E-state index in [-0.39, 0.29) is 12.5 Å². The van der Waals surface area contributed by atoms with Crippen molar-refractivity contribution < 1.29 is 13.2 Å². The first-order chi connectivity index (χ1) is 15.2. The molecule has 3 rings (SSSR count). The van der Waals surface area contributed by atoms with Gasteiger partial charge in [-0.3, -0.25) is 9.10 Å². The Morgan fingerprint density at radius 2 is 1.34 bits per heavy atom. The van der Waals surface area contributed by atoms with Gasteiger partial charge in [-0.2, -0.15) is 0 Å². The molecule has 0 aliphatic carbocycles. The van der Waals surface area contributed by atoms with E-state index in [0.29, 0.717) is 17.8 Å². The van der Waals surface area contributed by atoms with Crippen LogP contribution in [0.2, 0.25) is 0 Å². The second-order valence-electron chi connectivity index (χ2n) is 8.15. The predicted molar refractivity (Wildman–Crippen MR) is 130 cm³/mol. The largest absolute Gasteiger partial charge is 0.352 e. The van der Waals surface area contributed by atoms with Crippen LogP contribution in [0.25, 0.3) is 0 Å². The maximum absolute atomic E-state index is 12.5. The summed E-state index contributed by atoms with van der Waals surface area (Å²) in [4.78, 5) is 12.5. The molecule has 5 nitrogen and oxygen atoms in total. The lowest BCUT2D eigenvalue weighted by atomic mass is 10.1. The summed E-state index contributed by atoms with van der Waals surface area (Å²) in [5.74, 6) is -0.162. The van der Waals surface area contributed by atoms with Crippen LogP contribution in [-0.2, 0) is 23.0 Å². The lowest BCUT2D eigenvalue weighted by Gasteiger charge is -2.23. The average molecular weight is 451 g/mol. The molecule has 168 valence electrons. The van der Waals surface area contributed by atoms with E-state index in [4.69, 9.17) is 0 Å². The maximum Gasteiger partial charge on any atom is 0.251 e. The Morgan fingerprint density at radius 3 is 1.88 bits per heavy atom. The van der Waals surface area contributed by atoms with Crippen LogP contribution in [-0.4, -0.2) is 27.1 Å². The van der Waals surface area contributed by atoms with Crippen molar-refractivity contribution in [2.24, 2.45) is 0 Å². The van der Waals surface area contributed by atoms with Gasteiger partial charge in [0.25, 0.3) is 5.91 Å². The van der Waals surface area contributed by atoms with Crippen LogP contribution in [0.5, 0.6) is 0 Å².